The van der Waals surface area contributed by atoms with Gasteiger partial charge in [-0.05, 0) is 62.6 Å². The third-order valence-corrected chi connectivity index (χ3v) is 4.67. The third kappa shape index (κ3) is 3.96. The summed E-state index contributed by atoms with van der Waals surface area (Å²) in [6, 6.07) is 8.95. The molecule has 3 rings (SSSR count). The molecule has 138 valence electrons. The summed E-state index contributed by atoms with van der Waals surface area (Å²) in [5, 5.41) is 2.78. The number of carbonyl (C=O) groups excluding carboxylic acids is 1. The van der Waals surface area contributed by atoms with Crippen LogP contribution in [0.1, 0.15) is 34.5 Å². The lowest BCUT2D eigenvalue weighted by Gasteiger charge is -2.13. The van der Waals surface area contributed by atoms with Crippen molar-refractivity contribution >= 4 is 11.6 Å². The van der Waals surface area contributed by atoms with E-state index in [-0.39, 0.29) is 17.2 Å². The normalized spacial score (nSPS) is 16.5. The Morgan fingerprint density at radius 2 is 2.04 bits per heavy atom. The van der Waals surface area contributed by atoms with Crippen LogP contribution >= 0.6 is 0 Å². The molecule has 1 fully saturated rings. The molecule has 1 amide bonds. The lowest BCUT2D eigenvalue weighted by molar-refractivity contribution is 0.0679. The summed E-state index contributed by atoms with van der Waals surface area (Å²) < 4.78 is 12.7. The van der Waals surface area contributed by atoms with Gasteiger partial charge in [-0.25, -0.2) is 0 Å². The second-order valence-corrected chi connectivity index (χ2v) is 6.63. The fourth-order valence-corrected chi connectivity index (χ4v) is 3.05. The Hall–Kier alpha value is -2.60. The third-order valence-electron chi connectivity index (χ3n) is 4.67. The lowest BCUT2D eigenvalue weighted by Crippen LogP contribution is -2.30. The van der Waals surface area contributed by atoms with Crippen LogP contribution in [0.25, 0.3) is 0 Å². The van der Waals surface area contributed by atoms with Crippen LogP contribution < -0.4 is 15.6 Å². The number of amides is 1. The van der Waals surface area contributed by atoms with Gasteiger partial charge in [0.1, 0.15) is 17.9 Å². The van der Waals surface area contributed by atoms with Crippen LogP contribution in [0.3, 0.4) is 0 Å². The van der Waals surface area contributed by atoms with Gasteiger partial charge < -0.3 is 19.4 Å². The van der Waals surface area contributed by atoms with E-state index in [0.29, 0.717) is 17.9 Å². The van der Waals surface area contributed by atoms with Crippen molar-refractivity contribution in [1.82, 2.24) is 4.57 Å². The van der Waals surface area contributed by atoms with E-state index in [1.807, 2.05) is 13.0 Å². The molecule has 1 N–H and O–H groups in total. The number of pyridine rings is 1. The Morgan fingerprint density at radius 1 is 1.31 bits per heavy atom. The van der Waals surface area contributed by atoms with Crippen molar-refractivity contribution < 1.29 is 14.3 Å². The van der Waals surface area contributed by atoms with Crippen molar-refractivity contribution in [2.45, 2.75) is 32.8 Å². The number of benzene rings is 1. The molecule has 2 heterocycles. The van der Waals surface area contributed by atoms with Crippen molar-refractivity contribution in [1.29, 1.82) is 0 Å². The fraction of sp³-hybridized carbons (Fsp3) is 0.400. The van der Waals surface area contributed by atoms with Crippen molar-refractivity contribution in [2.24, 2.45) is 7.05 Å². The fourth-order valence-electron chi connectivity index (χ4n) is 3.05. The summed E-state index contributed by atoms with van der Waals surface area (Å²) in [6.45, 7) is 4.94. The maximum atomic E-state index is 12.5. The molecular weight excluding hydrogens is 332 g/mol. The highest BCUT2D eigenvalue weighted by Crippen LogP contribution is 2.19. The Bertz CT molecular complexity index is 849. The van der Waals surface area contributed by atoms with E-state index in [4.69, 9.17) is 9.47 Å². The van der Waals surface area contributed by atoms with Crippen LogP contribution in [0, 0.1) is 13.8 Å². The van der Waals surface area contributed by atoms with Gasteiger partial charge >= 0.3 is 0 Å². The Labute approximate surface area is 152 Å². The average Bonchev–Trinajstić information content (AvgIpc) is 3.13. The molecule has 0 bridgehead atoms. The summed E-state index contributed by atoms with van der Waals surface area (Å²) in [5.41, 5.74) is 1.96. The minimum absolute atomic E-state index is 0.162. The number of nitrogens with one attached hydrogen (secondary N) is 1. The second-order valence-electron chi connectivity index (χ2n) is 6.63. The summed E-state index contributed by atoms with van der Waals surface area (Å²) in [4.78, 5) is 24.9. The highest BCUT2D eigenvalue weighted by molar-refractivity contribution is 6.05. The lowest BCUT2D eigenvalue weighted by atomic mass is 10.1. The molecule has 1 aliphatic heterocycles. The summed E-state index contributed by atoms with van der Waals surface area (Å²) in [6.07, 6.45) is 2.27. The van der Waals surface area contributed by atoms with E-state index in [1.54, 1.807) is 38.2 Å². The first-order valence-electron chi connectivity index (χ1n) is 8.79. The van der Waals surface area contributed by atoms with Gasteiger partial charge in [-0.3, -0.25) is 9.59 Å². The minimum atomic E-state index is -0.406. The van der Waals surface area contributed by atoms with Gasteiger partial charge in [0.2, 0.25) is 0 Å². The molecule has 2 aromatic rings. The first-order valence-corrected chi connectivity index (χ1v) is 8.79. The Balaban J connectivity index is 1.66. The number of aromatic nitrogens is 1. The molecule has 0 aliphatic carbocycles. The highest BCUT2D eigenvalue weighted by Gasteiger charge is 2.17. The van der Waals surface area contributed by atoms with Crippen molar-refractivity contribution in [3.05, 3.63) is 57.5 Å². The first kappa shape index (κ1) is 18.2. The predicted octanol–water partition coefficient (Wildman–Crippen LogP) is 2.81. The molecule has 0 saturated carbocycles. The molecule has 1 atom stereocenters. The zero-order valence-corrected chi connectivity index (χ0v) is 15.4. The van der Waals surface area contributed by atoms with Gasteiger partial charge in [-0.15, -0.1) is 0 Å². The van der Waals surface area contributed by atoms with E-state index in [9.17, 15) is 9.59 Å². The zero-order valence-electron chi connectivity index (χ0n) is 15.4. The van der Waals surface area contributed by atoms with E-state index in [0.717, 1.165) is 30.9 Å². The minimum Gasteiger partial charge on any atom is -0.491 e. The van der Waals surface area contributed by atoms with E-state index in [1.165, 1.54) is 4.57 Å². The maximum absolute atomic E-state index is 12.5. The largest absolute Gasteiger partial charge is 0.491 e. The number of hydrogen-bond donors (Lipinski definition) is 1. The second kappa shape index (κ2) is 7.74. The summed E-state index contributed by atoms with van der Waals surface area (Å²) in [5.74, 6) is 0.317. The molecule has 1 aromatic carbocycles. The molecule has 0 spiro atoms. The number of ether oxygens (including phenoxy) is 2. The average molecular weight is 356 g/mol. The van der Waals surface area contributed by atoms with Crippen LogP contribution in [-0.4, -0.2) is 29.8 Å². The smallest absolute Gasteiger partial charge is 0.263 e. The molecule has 1 unspecified atom stereocenters. The summed E-state index contributed by atoms with van der Waals surface area (Å²) in [7, 11) is 1.66. The molecule has 1 saturated heterocycles. The van der Waals surface area contributed by atoms with Crippen molar-refractivity contribution in [3.63, 3.8) is 0 Å². The molecule has 6 heteroatoms. The first-order chi connectivity index (χ1) is 12.5. The quantitative estimate of drug-likeness (QED) is 0.894. The van der Waals surface area contributed by atoms with Gasteiger partial charge in [0.15, 0.2) is 0 Å². The Morgan fingerprint density at radius 3 is 2.69 bits per heavy atom. The van der Waals surface area contributed by atoms with Crippen LogP contribution in [-0.2, 0) is 11.8 Å². The molecule has 0 radical (unpaired) electrons. The number of carbonyl (C=O) groups is 1. The van der Waals surface area contributed by atoms with Crippen molar-refractivity contribution in [2.75, 3.05) is 18.5 Å². The SMILES string of the molecule is Cc1cc(C)n(C)c(=O)c1C(=O)Nc1ccc(OCC2CCCO2)cc1. The molecular formula is C20H24N2O4. The number of nitrogens with zero attached hydrogens (tertiary/aromatic N) is 1. The molecule has 1 aromatic heterocycles. The Kier molecular flexibility index (Phi) is 5.42. The highest BCUT2D eigenvalue weighted by atomic mass is 16.5. The van der Waals surface area contributed by atoms with E-state index < -0.39 is 5.91 Å². The maximum Gasteiger partial charge on any atom is 0.263 e. The topological polar surface area (TPSA) is 69.6 Å². The van der Waals surface area contributed by atoms with Gasteiger partial charge in [0.05, 0.1) is 6.10 Å². The number of aryl methyl sites for hydroxylation is 2. The van der Waals surface area contributed by atoms with Gasteiger partial charge in [0.25, 0.3) is 11.5 Å². The van der Waals surface area contributed by atoms with Crippen LogP contribution in [0.15, 0.2) is 35.1 Å². The number of rotatable bonds is 5. The van der Waals surface area contributed by atoms with Crippen LogP contribution in [0.4, 0.5) is 5.69 Å². The standard InChI is InChI=1S/C20H24N2O4/c1-13-11-14(2)22(3)20(24)18(13)19(23)21-15-6-8-16(9-7-15)26-12-17-5-4-10-25-17/h6-9,11,17H,4-5,10,12H2,1-3H3,(H,21,23). The molecule has 6 nitrogen and oxygen atoms in total. The van der Waals surface area contributed by atoms with Crippen LogP contribution in [0.5, 0.6) is 5.75 Å². The number of anilines is 1. The summed E-state index contributed by atoms with van der Waals surface area (Å²) >= 11 is 0. The van der Waals surface area contributed by atoms with Gasteiger partial charge in [-0.2, -0.15) is 0 Å². The number of hydrogen-bond acceptors (Lipinski definition) is 4. The predicted molar refractivity (Wildman–Crippen MR) is 100 cm³/mol. The van der Waals surface area contributed by atoms with Crippen LogP contribution in [0.2, 0.25) is 0 Å². The molecule has 1 aliphatic rings. The van der Waals surface area contributed by atoms with Crippen molar-refractivity contribution in [3.8, 4) is 5.75 Å². The van der Waals surface area contributed by atoms with Gasteiger partial charge in [0, 0.05) is 25.0 Å². The van der Waals surface area contributed by atoms with E-state index in [2.05, 4.69) is 5.32 Å². The zero-order chi connectivity index (χ0) is 18.7. The molecule has 26 heavy (non-hydrogen) atoms. The monoisotopic (exact) mass is 356 g/mol. The van der Waals surface area contributed by atoms with Gasteiger partial charge in [-0.1, -0.05) is 0 Å². The van der Waals surface area contributed by atoms with E-state index >= 15 is 0 Å².